The number of halogens is 11. The number of nitriles is 1. The Labute approximate surface area is 247 Å². The van der Waals surface area contributed by atoms with Gasteiger partial charge in [-0.15, -0.1) is 0 Å². The molecule has 3 aromatic carbocycles. The van der Waals surface area contributed by atoms with Crippen LogP contribution >= 0.6 is 31.9 Å². The van der Waals surface area contributed by atoms with E-state index in [4.69, 9.17) is 5.73 Å². The normalized spacial score (nSPS) is 13.7. The maximum atomic E-state index is 14.9. The van der Waals surface area contributed by atoms with Gasteiger partial charge >= 0.3 is 23.9 Å². The number of nitrogens with one attached hydrogen (secondary N) is 1. The Hall–Kier alpha value is -3.58. The molecule has 0 saturated carbocycles. The van der Waals surface area contributed by atoms with Gasteiger partial charge in [0.05, 0.1) is 17.3 Å². The largest absolute Gasteiger partial charge is 0.457 e. The first-order chi connectivity index (χ1) is 19.2. The van der Waals surface area contributed by atoms with Gasteiger partial charge in [0.1, 0.15) is 0 Å². The second-order valence-corrected chi connectivity index (χ2v) is 10.4. The number of rotatable bonds is 6. The Morgan fingerprint density at radius 3 is 1.90 bits per heavy atom. The number of amides is 2. The van der Waals surface area contributed by atoms with Crippen LogP contribution in [0.2, 0.25) is 0 Å². The van der Waals surface area contributed by atoms with Crippen molar-refractivity contribution < 1.29 is 49.1 Å². The van der Waals surface area contributed by atoms with Crippen LogP contribution in [0.3, 0.4) is 0 Å². The van der Waals surface area contributed by atoms with Crippen LogP contribution in [-0.4, -0.2) is 30.1 Å². The Balaban J connectivity index is 2.09. The lowest BCUT2D eigenvalue weighted by molar-refractivity contribution is -0.389. The highest BCUT2D eigenvalue weighted by atomic mass is 79.9. The average Bonchev–Trinajstić information content (AvgIpc) is 2.88. The first-order valence-electron chi connectivity index (χ1n) is 11.1. The SMILES string of the molecule is Cc1c(C(N)=O)cccc1-c1cc(C(=O)Nc2c(Br)cc(C(F)(C(F)(F)F)C(F)(F)C(F)(F)F)cc2Br)ccc1C#N. The Kier molecular flexibility index (Phi) is 8.82. The highest BCUT2D eigenvalue weighted by molar-refractivity contribution is 9.11. The Morgan fingerprint density at radius 1 is 0.857 bits per heavy atom. The van der Waals surface area contributed by atoms with E-state index in [1.54, 1.807) is 13.0 Å². The standard InChI is InChI=1S/C26H14Br2F9N3O2/c1-11-15(3-2-4-16(11)21(39)41)17-7-12(5-6-13(17)10-38)22(42)40-20-18(27)8-14(9-19(20)28)23(29,25(32,33)34)24(30,31)26(35,36)37/h2-9H,1H3,(H2,39,41)(H,40,42). The van der Waals surface area contributed by atoms with Crippen molar-refractivity contribution in [1.29, 1.82) is 5.26 Å². The highest BCUT2D eigenvalue weighted by Gasteiger charge is 2.81. The molecule has 0 radical (unpaired) electrons. The van der Waals surface area contributed by atoms with Gasteiger partial charge in [-0.05, 0) is 86.3 Å². The number of carbonyl (C=O) groups excluding carboxylic acids is 2. The van der Waals surface area contributed by atoms with E-state index >= 15 is 0 Å². The van der Waals surface area contributed by atoms with Gasteiger partial charge < -0.3 is 11.1 Å². The summed E-state index contributed by atoms with van der Waals surface area (Å²) < 4.78 is 120. The summed E-state index contributed by atoms with van der Waals surface area (Å²) in [6.07, 6.45) is -13.6. The van der Waals surface area contributed by atoms with Crippen molar-refractivity contribution in [2.45, 2.75) is 30.9 Å². The molecule has 1 atom stereocenters. The van der Waals surface area contributed by atoms with Gasteiger partial charge in [-0.2, -0.15) is 40.4 Å². The van der Waals surface area contributed by atoms with E-state index in [1.807, 2.05) is 6.07 Å². The van der Waals surface area contributed by atoms with Crippen LogP contribution in [-0.2, 0) is 5.67 Å². The topological polar surface area (TPSA) is 96.0 Å². The summed E-state index contributed by atoms with van der Waals surface area (Å²) in [5.41, 5.74) is -2.34. The van der Waals surface area contributed by atoms with Gasteiger partial charge in [-0.1, -0.05) is 12.1 Å². The van der Waals surface area contributed by atoms with Gasteiger partial charge in [-0.3, -0.25) is 9.59 Å². The molecule has 0 aromatic heterocycles. The number of carbonyl (C=O) groups is 2. The first-order valence-corrected chi connectivity index (χ1v) is 12.7. The van der Waals surface area contributed by atoms with E-state index < -0.39 is 56.0 Å². The van der Waals surface area contributed by atoms with Crippen LogP contribution < -0.4 is 11.1 Å². The summed E-state index contributed by atoms with van der Waals surface area (Å²) in [5.74, 6) is -8.61. The predicted molar refractivity (Wildman–Crippen MR) is 139 cm³/mol. The van der Waals surface area contributed by atoms with Gasteiger partial charge in [0.25, 0.3) is 5.91 Å². The van der Waals surface area contributed by atoms with Crippen molar-refractivity contribution in [3.05, 3.63) is 85.3 Å². The molecule has 0 saturated heterocycles. The number of alkyl halides is 9. The molecule has 0 aliphatic heterocycles. The van der Waals surface area contributed by atoms with Gasteiger partial charge in [0.15, 0.2) is 0 Å². The molecule has 3 rings (SSSR count). The number of hydrogen-bond acceptors (Lipinski definition) is 3. The fraction of sp³-hybridized carbons (Fsp3) is 0.192. The Bertz CT molecular complexity index is 1610. The van der Waals surface area contributed by atoms with Gasteiger partial charge in [-0.25, -0.2) is 4.39 Å². The van der Waals surface area contributed by atoms with Crippen LogP contribution in [0.5, 0.6) is 0 Å². The third-order valence-corrected chi connectivity index (χ3v) is 7.40. The minimum absolute atomic E-state index is 0.0381. The lowest BCUT2D eigenvalue weighted by atomic mass is 9.87. The van der Waals surface area contributed by atoms with E-state index in [0.717, 1.165) is 0 Å². The lowest BCUT2D eigenvalue weighted by Crippen LogP contribution is -2.59. The quantitative estimate of drug-likeness (QED) is 0.250. The Morgan fingerprint density at radius 2 is 1.43 bits per heavy atom. The van der Waals surface area contributed by atoms with Crippen molar-refractivity contribution in [3.8, 4) is 17.2 Å². The zero-order valence-electron chi connectivity index (χ0n) is 20.6. The van der Waals surface area contributed by atoms with Crippen LogP contribution in [0.25, 0.3) is 11.1 Å². The van der Waals surface area contributed by atoms with E-state index in [9.17, 15) is 54.4 Å². The van der Waals surface area contributed by atoms with Crippen LogP contribution in [0.4, 0.5) is 45.2 Å². The molecule has 3 N–H and O–H groups in total. The third-order valence-electron chi connectivity index (χ3n) is 6.15. The monoisotopic (exact) mass is 729 g/mol. The minimum atomic E-state index is -6.91. The molecule has 16 heteroatoms. The molecular weight excluding hydrogens is 717 g/mol. The zero-order valence-corrected chi connectivity index (χ0v) is 23.8. The second-order valence-electron chi connectivity index (χ2n) is 8.71. The second kappa shape index (κ2) is 11.3. The molecular formula is C26H14Br2F9N3O2. The van der Waals surface area contributed by atoms with Crippen LogP contribution in [0, 0.1) is 18.3 Å². The number of primary amides is 1. The molecule has 222 valence electrons. The minimum Gasteiger partial charge on any atom is -0.366 e. The highest BCUT2D eigenvalue weighted by Crippen LogP contribution is 2.59. The molecule has 42 heavy (non-hydrogen) atoms. The fourth-order valence-corrected chi connectivity index (χ4v) is 5.38. The number of anilines is 1. The molecule has 0 fully saturated rings. The van der Waals surface area contributed by atoms with E-state index in [2.05, 4.69) is 37.2 Å². The maximum absolute atomic E-state index is 14.9. The molecule has 1 unspecified atom stereocenters. The molecule has 2 amide bonds. The molecule has 0 heterocycles. The van der Waals surface area contributed by atoms with Crippen LogP contribution in [0.1, 0.15) is 37.4 Å². The first kappa shape index (κ1) is 32.9. The van der Waals surface area contributed by atoms with E-state index in [1.165, 1.54) is 30.3 Å². The van der Waals surface area contributed by atoms with Gasteiger partial charge in [0, 0.05) is 31.2 Å². The van der Waals surface area contributed by atoms with Crippen molar-refractivity contribution in [1.82, 2.24) is 0 Å². The zero-order chi connectivity index (χ0) is 32.0. The molecule has 0 aliphatic rings. The summed E-state index contributed by atoms with van der Waals surface area (Å²) in [7, 11) is 0. The summed E-state index contributed by atoms with van der Waals surface area (Å²) in [6, 6.07) is 10.2. The molecule has 0 bridgehead atoms. The summed E-state index contributed by atoms with van der Waals surface area (Å²) in [5, 5.41) is 11.8. The van der Waals surface area contributed by atoms with Crippen LogP contribution in [0.15, 0.2) is 57.5 Å². The van der Waals surface area contributed by atoms with Gasteiger partial charge in [0.2, 0.25) is 5.91 Å². The molecule has 0 aliphatic carbocycles. The predicted octanol–water partition coefficient (Wildman–Crippen LogP) is 8.33. The smallest absolute Gasteiger partial charge is 0.366 e. The van der Waals surface area contributed by atoms with Crippen molar-refractivity contribution in [3.63, 3.8) is 0 Å². The van der Waals surface area contributed by atoms with E-state index in [0.29, 0.717) is 11.1 Å². The summed E-state index contributed by atoms with van der Waals surface area (Å²) in [6.45, 7) is 1.55. The number of hydrogen-bond donors (Lipinski definition) is 2. The van der Waals surface area contributed by atoms with E-state index in [-0.39, 0.29) is 34.4 Å². The fourth-order valence-electron chi connectivity index (χ4n) is 4.00. The average molecular weight is 731 g/mol. The maximum Gasteiger partial charge on any atom is 0.457 e. The van der Waals surface area contributed by atoms with Crippen molar-refractivity contribution in [2.75, 3.05) is 5.32 Å². The molecule has 3 aromatic rings. The summed E-state index contributed by atoms with van der Waals surface area (Å²) in [4.78, 5) is 24.8. The summed E-state index contributed by atoms with van der Waals surface area (Å²) >= 11 is 5.38. The van der Waals surface area contributed by atoms with Crippen molar-refractivity contribution >= 4 is 49.4 Å². The molecule has 0 spiro atoms. The lowest BCUT2D eigenvalue weighted by Gasteiger charge is -2.36. The van der Waals surface area contributed by atoms with Crippen molar-refractivity contribution in [2.24, 2.45) is 5.73 Å². The number of nitrogens with zero attached hydrogens (tertiary/aromatic N) is 1. The number of benzene rings is 3. The molecule has 5 nitrogen and oxygen atoms in total. The number of nitrogens with two attached hydrogens (primary N) is 1. The third kappa shape index (κ3) is 5.59.